The first-order valence-electron chi connectivity index (χ1n) is 10.7. The van der Waals surface area contributed by atoms with Crippen LogP contribution in [0, 0.1) is 17.5 Å². The number of aromatic hydroxyl groups is 1. The number of fused-ring (bicyclic) bond motifs is 2. The first-order chi connectivity index (χ1) is 16.0. The van der Waals surface area contributed by atoms with Crippen LogP contribution >= 0.6 is 0 Å². The van der Waals surface area contributed by atoms with E-state index in [0.717, 1.165) is 50.9 Å². The van der Waals surface area contributed by atoms with Crippen LogP contribution in [-0.4, -0.2) is 40.3 Å². The number of aromatic nitrogens is 3. The van der Waals surface area contributed by atoms with Crippen LogP contribution in [-0.2, 0) is 0 Å². The summed E-state index contributed by atoms with van der Waals surface area (Å²) in [6.45, 7) is 1.53. The topological polar surface area (TPSA) is 71.4 Å². The maximum atomic E-state index is 15.9. The molecule has 33 heavy (non-hydrogen) atoms. The van der Waals surface area contributed by atoms with Gasteiger partial charge in [0.2, 0.25) is 0 Å². The summed E-state index contributed by atoms with van der Waals surface area (Å²) in [5, 5.41) is 10.6. The van der Waals surface area contributed by atoms with Gasteiger partial charge >= 0.3 is 6.01 Å². The normalized spacial score (nSPS) is 14.6. The zero-order chi connectivity index (χ0) is 23.1. The van der Waals surface area contributed by atoms with E-state index in [-0.39, 0.29) is 39.3 Å². The highest BCUT2D eigenvalue weighted by Crippen LogP contribution is 2.38. The van der Waals surface area contributed by atoms with Gasteiger partial charge in [0.05, 0.1) is 12.5 Å². The predicted molar refractivity (Wildman–Crippen MR) is 119 cm³/mol. The SMILES string of the molecule is COc1nc(N2CCCCCC2)c2cnc(-c3cc(O)cc4ccc(F)c(F)c34)c(F)c2n1. The van der Waals surface area contributed by atoms with Crippen LogP contribution in [0.2, 0.25) is 0 Å². The molecule has 0 atom stereocenters. The fourth-order valence-electron chi connectivity index (χ4n) is 4.39. The molecule has 0 aliphatic carbocycles. The van der Waals surface area contributed by atoms with Gasteiger partial charge < -0.3 is 14.7 Å². The van der Waals surface area contributed by atoms with Gasteiger partial charge in [-0.2, -0.15) is 9.97 Å². The number of nitrogens with zero attached hydrogens (tertiary/aromatic N) is 4. The molecule has 1 aliphatic rings. The fraction of sp³-hybridized carbons (Fsp3) is 0.292. The minimum Gasteiger partial charge on any atom is -0.508 e. The summed E-state index contributed by atoms with van der Waals surface area (Å²) >= 11 is 0. The molecule has 170 valence electrons. The molecule has 0 bridgehead atoms. The number of halogens is 3. The third-order valence-electron chi connectivity index (χ3n) is 5.98. The van der Waals surface area contributed by atoms with Gasteiger partial charge in [0, 0.05) is 30.2 Å². The van der Waals surface area contributed by atoms with E-state index in [9.17, 15) is 13.9 Å². The van der Waals surface area contributed by atoms with E-state index in [1.54, 1.807) is 0 Å². The van der Waals surface area contributed by atoms with Gasteiger partial charge in [-0.3, -0.25) is 4.98 Å². The zero-order valence-electron chi connectivity index (χ0n) is 17.9. The fourth-order valence-corrected chi connectivity index (χ4v) is 4.39. The second kappa shape index (κ2) is 8.38. The van der Waals surface area contributed by atoms with Gasteiger partial charge in [-0.15, -0.1) is 0 Å². The van der Waals surface area contributed by atoms with Crippen molar-refractivity contribution in [2.24, 2.45) is 0 Å². The number of benzene rings is 2. The van der Waals surface area contributed by atoms with E-state index in [4.69, 9.17) is 4.74 Å². The summed E-state index contributed by atoms with van der Waals surface area (Å²) in [7, 11) is 1.40. The van der Waals surface area contributed by atoms with Gasteiger partial charge in [-0.1, -0.05) is 18.9 Å². The quantitative estimate of drug-likeness (QED) is 0.450. The molecular weight excluding hydrogens is 433 g/mol. The minimum atomic E-state index is -1.14. The lowest BCUT2D eigenvalue weighted by molar-refractivity contribution is 0.381. The molecule has 0 amide bonds. The molecule has 0 radical (unpaired) electrons. The summed E-state index contributed by atoms with van der Waals surface area (Å²) in [4.78, 5) is 15.0. The van der Waals surface area contributed by atoms with Crippen molar-refractivity contribution in [2.75, 3.05) is 25.1 Å². The Morgan fingerprint density at radius 1 is 0.970 bits per heavy atom. The van der Waals surface area contributed by atoms with E-state index in [1.165, 1.54) is 25.4 Å². The summed E-state index contributed by atoms with van der Waals surface area (Å²) < 4.78 is 49.8. The van der Waals surface area contributed by atoms with Crippen LogP contribution < -0.4 is 9.64 Å². The molecule has 4 aromatic rings. The molecular formula is C24H21F3N4O2. The smallest absolute Gasteiger partial charge is 0.318 e. The van der Waals surface area contributed by atoms with E-state index in [2.05, 4.69) is 19.9 Å². The molecule has 1 saturated heterocycles. The second-order valence-electron chi connectivity index (χ2n) is 8.07. The van der Waals surface area contributed by atoms with Gasteiger partial charge in [0.25, 0.3) is 0 Å². The molecule has 0 saturated carbocycles. The lowest BCUT2D eigenvalue weighted by Gasteiger charge is -2.23. The Bertz CT molecular complexity index is 1370. The van der Waals surface area contributed by atoms with Crippen LogP contribution in [0.4, 0.5) is 19.0 Å². The summed E-state index contributed by atoms with van der Waals surface area (Å²) in [6, 6.07) is 4.71. The Morgan fingerprint density at radius 2 is 1.73 bits per heavy atom. The third-order valence-corrected chi connectivity index (χ3v) is 5.98. The monoisotopic (exact) mass is 454 g/mol. The second-order valence-corrected chi connectivity index (χ2v) is 8.07. The Kier molecular flexibility index (Phi) is 5.39. The number of hydrogen-bond donors (Lipinski definition) is 1. The maximum Gasteiger partial charge on any atom is 0.318 e. The zero-order valence-corrected chi connectivity index (χ0v) is 17.9. The average Bonchev–Trinajstić information content (AvgIpc) is 3.10. The summed E-state index contributed by atoms with van der Waals surface area (Å²) in [5.41, 5.74) is -0.370. The Hall–Kier alpha value is -3.62. The first-order valence-corrected chi connectivity index (χ1v) is 10.7. The van der Waals surface area contributed by atoms with Crippen LogP contribution in [0.5, 0.6) is 11.8 Å². The van der Waals surface area contributed by atoms with Gasteiger partial charge in [0.15, 0.2) is 17.5 Å². The molecule has 6 nitrogen and oxygen atoms in total. The molecule has 2 aromatic carbocycles. The number of methoxy groups -OCH3 is 1. The van der Waals surface area contributed by atoms with Crippen molar-refractivity contribution in [1.29, 1.82) is 0 Å². The molecule has 1 N–H and O–H groups in total. The van der Waals surface area contributed by atoms with E-state index < -0.39 is 17.5 Å². The molecule has 0 spiro atoms. The Labute approximate surface area is 187 Å². The third kappa shape index (κ3) is 3.67. The first kappa shape index (κ1) is 21.2. The summed E-state index contributed by atoms with van der Waals surface area (Å²) in [6.07, 6.45) is 5.63. The van der Waals surface area contributed by atoms with Crippen molar-refractivity contribution < 1.29 is 23.0 Å². The van der Waals surface area contributed by atoms with Crippen LogP contribution in [0.25, 0.3) is 32.9 Å². The number of ether oxygens (including phenoxy) is 1. The molecule has 1 aliphatic heterocycles. The maximum absolute atomic E-state index is 15.9. The highest BCUT2D eigenvalue weighted by Gasteiger charge is 2.24. The van der Waals surface area contributed by atoms with Crippen molar-refractivity contribution in [3.63, 3.8) is 0 Å². The molecule has 0 unspecified atom stereocenters. The summed E-state index contributed by atoms with van der Waals surface area (Å²) in [5.74, 6) is -2.76. The Balaban J connectivity index is 1.77. The van der Waals surface area contributed by atoms with Crippen molar-refractivity contribution in [2.45, 2.75) is 25.7 Å². The van der Waals surface area contributed by atoms with Crippen LogP contribution in [0.3, 0.4) is 0 Å². The molecule has 1 fully saturated rings. The predicted octanol–water partition coefficient (Wildman–Crippen LogP) is 5.36. The molecule has 5 rings (SSSR count). The lowest BCUT2D eigenvalue weighted by Crippen LogP contribution is -2.25. The largest absolute Gasteiger partial charge is 0.508 e. The van der Waals surface area contributed by atoms with E-state index in [0.29, 0.717) is 11.2 Å². The average molecular weight is 454 g/mol. The highest BCUT2D eigenvalue weighted by atomic mass is 19.2. The number of hydrogen-bond acceptors (Lipinski definition) is 6. The molecule has 2 aromatic heterocycles. The number of anilines is 1. The Morgan fingerprint density at radius 3 is 2.45 bits per heavy atom. The van der Waals surface area contributed by atoms with Crippen LogP contribution in [0.15, 0.2) is 30.5 Å². The standard InChI is InChI=1S/C24H21F3N4O2/c1-33-24-29-22-16(23(30-24)31-8-4-2-3-5-9-31)12-28-21(20(22)27)15-11-14(32)10-13-6-7-17(25)19(26)18(13)15/h6-7,10-12,32H,2-5,8-9H2,1H3. The van der Waals surface area contributed by atoms with Crippen LogP contribution in [0.1, 0.15) is 25.7 Å². The van der Waals surface area contributed by atoms with Gasteiger partial charge in [-0.05, 0) is 36.4 Å². The van der Waals surface area contributed by atoms with Crippen molar-refractivity contribution >= 4 is 27.5 Å². The number of phenols is 1. The number of rotatable bonds is 3. The van der Waals surface area contributed by atoms with E-state index >= 15 is 4.39 Å². The number of phenolic OH excluding ortho intramolecular Hbond substituents is 1. The van der Waals surface area contributed by atoms with E-state index in [1.807, 2.05) is 0 Å². The minimum absolute atomic E-state index is 0.00390. The van der Waals surface area contributed by atoms with Gasteiger partial charge in [-0.25, -0.2) is 13.2 Å². The molecule has 3 heterocycles. The molecule has 9 heteroatoms. The highest BCUT2D eigenvalue weighted by molar-refractivity contribution is 6.00. The van der Waals surface area contributed by atoms with Crippen molar-refractivity contribution in [3.05, 3.63) is 47.9 Å². The van der Waals surface area contributed by atoms with Crippen molar-refractivity contribution in [3.8, 4) is 23.0 Å². The van der Waals surface area contributed by atoms with Crippen molar-refractivity contribution in [1.82, 2.24) is 15.0 Å². The number of pyridine rings is 1. The van der Waals surface area contributed by atoms with Gasteiger partial charge in [0.1, 0.15) is 22.8 Å². The lowest BCUT2D eigenvalue weighted by atomic mass is 9.99.